The first-order valence-electron chi connectivity index (χ1n) is 5.76. The predicted molar refractivity (Wildman–Crippen MR) is 74.4 cm³/mol. The molecule has 0 saturated carbocycles. The monoisotopic (exact) mass is 294 g/mol. The van der Waals surface area contributed by atoms with Crippen LogP contribution in [0.3, 0.4) is 0 Å². The van der Waals surface area contributed by atoms with Gasteiger partial charge in [-0.25, -0.2) is 0 Å². The fourth-order valence-corrected chi connectivity index (χ4v) is 2.08. The Kier molecular flexibility index (Phi) is 5.11. The zero-order valence-electron chi connectivity index (χ0n) is 11.4. The van der Waals surface area contributed by atoms with Crippen LogP contribution in [0.15, 0.2) is 23.1 Å². The van der Waals surface area contributed by atoms with Crippen molar-refractivity contribution in [3.8, 4) is 6.07 Å². The summed E-state index contributed by atoms with van der Waals surface area (Å²) in [5, 5.41) is 19.6. The van der Waals surface area contributed by atoms with Crippen LogP contribution >= 0.6 is 11.8 Å². The molecule has 0 heterocycles. The number of carbonyl (C=O) groups is 1. The number of hydrogen-bond acceptors (Lipinski definition) is 6. The molecule has 106 valence electrons. The Morgan fingerprint density at radius 2 is 2.15 bits per heavy atom. The van der Waals surface area contributed by atoms with Crippen molar-refractivity contribution >= 4 is 23.4 Å². The van der Waals surface area contributed by atoms with Crippen molar-refractivity contribution in [3.05, 3.63) is 33.9 Å². The molecule has 0 bridgehead atoms. The Labute approximate surface area is 120 Å². The van der Waals surface area contributed by atoms with Crippen LogP contribution < -0.4 is 0 Å². The lowest BCUT2D eigenvalue weighted by atomic mass is 10.2. The molecule has 7 heteroatoms. The number of esters is 1. The van der Waals surface area contributed by atoms with Crippen molar-refractivity contribution < 1.29 is 14.5 Å². The molecule has 0 aliphatic heterocycles. The number of nitrogens with zero attached hydrogens (tertiary/aromatic N) is 2. The SMILES string of the molecule is CC(C)(C)OC(=O)CSc1ccc([N+](=O)[O-])c(C#N)c1. The van der Waals surface area contributed by atoms with Crippen LogP contribution in [0.1, 0.15) is 26.3 Å². The van der Waals surface area contributed by atoms with Crippen LogP contribution in [0.25, 0.3) is 0 Å². The number of benzene rings is 1. The maximum absolute atomic E-state index is 11.5. The van der Waals surface area contributed by atoms with Crippen molar-refractivity contribution in [2.45, 2.75) is 31.3 Å². The van der Waals surface area contributed by atoms with E-state index in [0.29, 0.717) is 4.90 Å². The fraction of sp³-hybridized carbons (Fsp3) is 0.385. The summed E-state index contributed by atoms with van der Waals surface area (Å²) in [6.07, 6.45) is 0. The Morgan fingerprint density at radius 1 is 1.50 bits per heavy atom. The van der Waals surface area contributed by atoms with Gasteiger partial charge in [0.05, 0.1) is 10.7 Å². The van der Waals surface area contributed by atoms with E-state index < -0.39 is 10.5 Å². The van der Waals surface area contributed by atoms with Gasteiger partial charge in [-0.05, 0) is 32.9 Å². The third kappa shape index (κ3) is 4.90. The molecule has 1 aromatic carbocycles. The largest absolute Gasteiger partial charge is 0.459 e. The number of ether oxygens (including phenoxy) is 1. The van der Waals surface area contributed by atoms with Gasteiger partial charge in [0.2, 0.25) is 0 Å². The molecular weight excluding hydrogens is 280 g/mol. The van der Waals surface area contributed by atoms with E-state index in [4.69, 9.17) is 10.00 Å². The van der Waals surface area contributed by atoms with Crippen LogP contribution in [-0.2, 0) is 9.53 Å². The van der Waals surface area contributed by atoms with Gasteiger partial charge < -0.3 is 4.74 Å². The van der Waals surface area contributed by atoms with Gasteiger partial charge in [0, 0.05) is 11.0 Å². The summed E-state index contributed by atoms with van der Waals surface area (Å²) < 4.78 is 5.14. The average molecular weight is 294 g/mol. The number of carbonyl (C=O) groups excluding carboxylic acids is 1. The molecule has 0 radical (unpaired) electrons. The molecular formula is C13H14N2O4S. The maximum atomic E-state index is 11.5. The molecule has 1 aromatic rings. The highest BCUT2D eigenvalue weighted by Crippen LogP contribution is 2.26. The van der Waals surface area contributed by atoms with E-state index in [0.717, 1.165) is 0 Å². The van der Waals surface area contributed by atoms with E-state index in [2.05, 4.69) is 0 Å². The molecule has 0 atom stereocenters. The van der Waals surface area contributed by atoms with Gasteiger partial charge in [0.25, 0.3) is 5.69 Å². The van der Waals surface area contributed by atoms with E-state index in [9.17, 15) is 14.9 Å². The molecule has 0 aliphatic rings. The van der Waals surface area contributed by atoms with Gasteiger partial charge >= 0.3 is 5.97 Å². The van der Waals surface area contributed by atoms with Crippen molar-refractivity contribution in [1.29, 1.82) is 5.26 Å². The Morgan fingerprint density at radius 3 is 2.65 bits per heavy atom. The summed E-state index contributed by atoms with van der Waals surface area (Å²) in [6.45, 7) is 5.32. The van der Waals surface area contributed by atoms with Crippen molar-refractivity contribution in [3.63, 3.8) is 0 Å². The third-order valence-corrected chi connectivity index (χ3v) is 3.03. The molecule has 0 N–H and O–H groups in total. The second-order valence-corrected chi connectivity index (χ2v) is 5.97. The Bertz CT molecular complexity index is 573. The highest BCUT2D eigenvalue weighted by Gasteiger charge is 2.17. The Hall–Kier alpha value is -2.07. The van der Waals surface area contributed by atoms with Gasteiger partial charge in [-0.15, -0.1) is 11.8 Å². The predicted octanol–water partition coefficient (Wildman–Crippen LogP) is 2.90. The van der Waals surface area contributed by atoms with Crippen molar-refractivity contribution in [1.82, 2.24) is 0 Å². The molecule has 6 nitrogen and oxygen atoms in total. The van der Waals surface area contributed by atoms with Gasteiger partial charge in [0.1, 0.15) is 17.2 Å². The number of nitro groups is 1. The number of thioether (sulfide) groups is 1. The van der Waals surface area contributed by atoms with Crippen LogP contribution in [0.4, 0.5) is 5.69 Å². The number of nitro benzene ring substituents is 1. The van der Waals surface area contributed by atoms with Crippen LogP contribution in [-0.4, -0.2) is 22.2 Å². The third-order valence-electron chi connectivity index (χ3n) is 2.06. The molecule has 1 rings (SSSR count). The summed E-state index contributed by atoms with van der Waals surface area (Å²) in [7, 11) is 0. The minimum absolute atomic E-state index is 0.0239. The molecule has 0 unspecified atom stereocenters. The van der Waals surface area contributed by atoms with Gasteiger partial charge in [0.15, 0.2) is 0 Å². The molecule has 0 spiro atoms. The lowest BCUT2D eigenvalue weighted by Gasteiger charge is -2.19. The highest BCUT2D eigenvalue weighted by molar-refractivity contribution is 8.00. The smallest absolute Gasteiger partial charge is 0.316 e. The minimum atomic E-state index is -0.610. The summed E-state index contributed by atoms with van der Waals surface area (Å²) in [5.74, 6) is -0.292. The number of hydrogen-bond donors (Lipinski definition) is 0. The van der Waals surface area contributed by atoms with E-state index in [1.807, 2.05) is 0 Å². The molecule has 0 saturated heterocycles. The normalized spacial score (nSPS) is 10.7. The molecule has 0 aromatic heterocycles. The van der Waals surface area contributed by atoms with Crippen molar-refractivity contribution in [2.75, 3.05) is 5.75 Å². The zero-order chi connectivity index (χ0) is 15.3. The first-order valence-corrected chi connectivity index (χ1v) is 6.74. The van der Waals surface area contributed by atoms with E-state index in [1.54, 1.807) is 26.8 Å². The standard InChI is InChI=1S/C13H14N2O4S/c1-13(2,3)19-12(16)8-20-10-4-5-11(15(17)18)9(6-10)7-14/h4-6H,8H2,1-3H3. The molecule has 0 amide bonds. The van der Waals surface area contributed by atoms with E-state index in [-0.39, 0.29) is 23.0 Å². The minimum Gasteiger partial charge on any atom is -0.459 e. The van der Waals surface area contributed by atoms with Gasteiger partial charge in [-0.2, -0.15) is 5.26 Å². The van der Waals surface area contributed by atoms with E-state index in [1.165, 1.54) is 30.0 Å². The second kappa shape index (κ2) is 6.39. The first-order chi connectivity index (χ1) is 9.23. The van der Waals surface area contributed by atoms with Crippen LogP contribution in [0.2, 0.25) is 0 Å². The average Bonchev–Trinajstić information content (AvgIpc) is 2.33. The lowest BCUT2D eigenvalue weighted by molar-refractivity contribution is -0.385. The van der Waals surface area contributed by atoms with Crippen LogP contribution in [0, 0.1) is 21.4 Å². The van der Waals surface area contributed by atoms with Crippen molar-refractivity contribution in [2.24, 2.45) is 0 Å². The van der Waals surface area contributed by atoms with Gasteiger partial charge in [-0.3, -0.25) is 14.9 Å². The lowest BCUT2D eigenvalue weighted by Crippen LogP contribution is -2.24. The summed E-state index contributed by atoms with van der Waals surface area (Å²) in [6, 6.07) is 5.94. The molecule has 20 heavy (non-hydrogen) atoms. The molecule has 0 fully saturated rings. The second-order valence-electron chi connectivity index (χ2n) is 4.92. The quantitative estimate of drug-likeness (QED) is 0.367. The van der Waals surface area contributed by atoms with Crippen LogP contribution in [0.5, 0.6) is 0 Å². The van der Waals surface area contributed by atoms with E-state index >= 15 is 0 Å². The summed E-state index contributed by atoms with van der Waals surface area (Å²) in [4.78, 5) is 22.2. The molecule has 0 aliphatic carbocycles. The highest BCUT2D eigenvalue weighted by atomic mass is 32.2. The summed E-state index contributed by atoms with van der Waals surface area (Å²) >= 11 is 1.17. The topological polar surface area (TPSA) is 93.2 Å². The summed E-state index contributed by atoms with van der Waals surface area (Å²) in [5.41, 5.74) is -0.816. The first kappa shape index (κ1) is 16.0. The number of nitriles is 1. The fourth-order valence-electron chi connectivity index (χ4n) is 1.37. The zero-order valence-corrected chi connectivity index (χ0v) is 12.2. The Balaban J connectivity index is 2.73. The van der Waals surface area contributed by atoms with Gasteiger partial charge in [-0.1, -0.05) is 0 Å². The number of rotatable bonds is 4. The maximum Gasteiger partial charge on any atom is 0.316 e.